The van der Waals surface area contributed by atoms with E-state index in [4.69, 9.17) is 9.15 Å². The lowest BCUT2D eigenvalue weighted by atomic mass is 9.70. The van der Waals surface area contributed by atoms with Crippen molar-refractivity contribution in [2.24, 2.45) is 23.7 Å². The van der Waals surface area contributed by atoms with E-state index in [-0.39, 0.29) is 29.8 Å². The zero-order valence-corrected chi connectivity index (χ0v) is 14.2. The number of ether oxygens (including phenoxy) is 1. The van der Waals surface area contributed by atoms with Crippen LogP contribution in [0.3, 0.4) is 0 Å². The smallest absolute Gasteiger partial charge is 0.310 e. The Balaban J connectivity index is 1.65. The number of carbonyl (C=O) groups is 2. The maximum atomic E-state index is 13.4. The highest BCUT2D eigenvalue weighted by atomic mass is 16.5. The molecule has 1 aromatic rings. The molecule has 1 aromatic heterocycles. The Morgan fingerprint density at radius 3 is 2.84 bits per heavy atom. The van der Waals surface area contributed by atoms with Gasteiger partial charge in [-0.25, -0.2) is 0 Å². The predicted molar refractivity (Wildman–Crippen MR) is 86.4 cm³/mol. The lowest BCUT2D eigenvalue weighted by Crippen LogP contribution is -2.54. The van der Waals surface area contributed by atoms with Gasteiger partial charge in [0.05, 0.1) is 30.4 Å². The molecule has 2 bridgehead atoms. The first-order valence-corrected chi connectivity index (χ1v) is 8.91. The van der Waals surface area contributed by atoms with Crippen LogP contribution < -0.4 is 0 Å². The first-order chi connectivity index (χ1) is 12.0. The number of amides is 1. The largest absolute Gasteiger partial charge is 0.481 e. The Kier molecular flexibility index (Phi) is 2.89. The van der Waals surface area contributed by atoms with E-state index in [9.17, 15) is 14.7 Å². The van der Waals surface area contributed by atoms with Crippen molar-refractivity contribution < 1.29 is 23.8 Å². The number of fused-ring (bicyclic) bond motifs is 2. The van der Waals surface area contributed by atoms with E-state index in [1.807, 2.05) is 29.2 Å². The molecule has 5 rings (SSSR count). The fourth-order valence-electron chi connectivity index (χ4n) is 5.92. The van der Waals surface area contributed by atoms with E-state index in [2.05, 4.69) is 13.8 Å². The van der Waals surface area contributed by atoms with E-state index < -0.39 is 29.5 Å². The van der Waals surface area contributed by atoms with E-state index in [0.29, 0.717) is 0 Å². The minimum absolute atomic E-state index is 0.107. The van der Waals surface area contributed by atoms with Gasteiger partial charge in [0.15, 0.2) is 0 Å². The van der Waals surface area contributed by atoms with Gasteiger partial charge in [-0.15, -0.1) is 0 Å². The van der Waals surface area contributed by atoms with E-state index in [0.717, 1.165) is 12.2 Å². The molecular weight excluding hydrogens is 322 g/mol. The van der Waals surface area contributed by atoms with Crippen molar-refractivity contribution in [2.75, 3.05) is 0 Å². The lowest BCUT2D eigenvalue weighted by molar-refractivity contribution is -0.151. The third kappa shape index (κ3) is 1.68. The molecule has 0 saturated carbocycles. The van der Waals surface area contributed by atoms with Crippen molar-refractivity contribution in [3.05, 3.63) is 36.3 Å². The van der Waals surface area contributed by atoms with Crippen molar-refractivity contribution in [3.8, 4) is 0 Å². The summed E-state index contributed by atoms with van der Waals surface area (Å²) in [6, 6.07) is 3.41. The quantitative estimate of drug-likeness (QED) is 0.833. The zero-order chi connectivity index (χ0) is 17.5. The van der Waals surface area contributed by atoms with Gasteiger partial charge in [0.1, 0.15) is 17.3 Å². The molecule has 1 unspecified atom stereocenters. The Hall–Kier alpha value is -2.08. The van der Waals surface area contributed by atoms with Gasteiger partial charge in [-0.2, -0.15) is 0 Å². The third-order valence-corrected chi connectivity index (χ3v) is 6.61. The normalized spacial score (nSPS) is 47.2. The second-order valence-electron chi connectivity index (χ2n) is 7.98. The average molecular weight is 343 g/mol. The highest BCUT2D eigenvalue weighted by molar-refractivity contribution is 5.91. The lowest BCUT2D eigenvalue weighted by Gasteiger charge is -2.47. The highest BCUT2D eigenvalue weighted by Gasteiger charge is 2.73. The van der Waals surface area contributed by atoms with Gasteiger partial charge in [0.25, 0.3) is 0 Å². The number of furan rings is 1. The molecule has 25 heavy (non-hydrogen) atoms. The SMILES string of the molecule is C[C@H]1C[C@H](C)[C@H](c2ccco2)N2C(=O)[C@@H]3[C@H](C(=O)O)[C@H]4C=C[C@@]3(O4)C12. The Morgan fingerprint density at radius 2 is 2.16 bits per heavy atom. The minimum Gasteiger partial charge on any atom is -0.481 e. The van der Waals surface area contributed by atoms with Crippen LogP contribution in [0.15, 0.2) is 35.0 Å². The summed E-state index contributed by atoms with van der Waals surface area (Å²) in [4.78, 5) is 27.1. The number of hydrogen-bond donors (Lipinski definition) is 1. The summed E-state index contributed by atoms with van der Waals surface area (Å²) in [5.74, 6) is -1.28. The standard InChI is InChI=1S/C19H21NO5/c1-9-8-10(2)16-19-6-5-11(25-19)13(18(22)23)14(19)17(21)20(16)15(9)12-4-3-7-24-12/h3-7,9-11,13-16H,8H2,1-2H3,(H,22,23)/t9-,10-,11+,13+,14-,15+,16?,19-/m0/s1. The molecule has 0 aliphatic carbocycles. The maximum absolute atomic E-state index is 13.4. The number of nitrogens with zero attached hydrogens (tertiary/aromatic N) is 1. The second kappa shape index (κ2) is 4.75. The van der Waals surface area contributed by atoms with Crippen LogP contribution in [0.5, 0.6) is 0 Å². The Bertz CT molecular complexity index is 771. The number of carboxylic acids is 1. The fraction of sp³-hybridized carbons (Fsp3) is 0.579. The maximum Gasteiger partial charge on any atom is 0.310 e. The van der Waals surface area contributed by atoms with Crippen molar-refractivity contribution >= 4 is 11.9 Å². The zero-order valence-electron chi connectivity index (χ0n) is 14.2. The molecule has 1 amide bonds. The predicted octanol–water partition coefficient (Wildman–Crippen LogP) is 2.23. The number of hydrogen-bond acceptors (Lipinski definition) is 4. The first-order valence-electron chi connectivity index (χ1n) is 8.91. The molecule has 1 N–H and O–H groups in total. The van der Waals surface area contributed by atoms with Crippen LogP contribution in [-0.2, 0) is 14.3 Å². The molecule has 3 fully saturated rings. The Labute approximate surface area is 145 Å². The van der Waals surface area contributed by atoms with E-state index in [1.54, 1.807) is 6.26 Å². The van der Waals surface area contributed by atoms with Gasteiger partial charge in [-0.3, -0.25) is 9.59 Å². The van der Waals surface area contributed by atoms with E-state index >= 15 is 0 Å². The number of piperidine rings is 1. The van der Waals surface area contributed by atoms with Gasteiger partial charge >= 0.3 is 5.97 Å². The molecule has 5 heterocycles. The molecule has 1 spiro atoms. The van der Waals surface area contributed by atoms with Crippen LogP contribution in [0.2, 0.25) is 0 Å². The molecule has 0 radical (unpaired) electrons. The second-order valence-corrected chi connectivity index (χ2v) is 7.98. The summed E-state index contributed by atoms with van der Waals surface area (Å²) in [6.45, 7) is 4.26. The van der Waals surface area contributed by atoms with E-state index in [1.165, 1.54) is 0 Å². The molecule has 4 aliphatic heterocycles. The number of aliphatic carboxylic acids is 1. The topological polar surface area (TPSA) is 80.0 Å². The van der Waals surface area contributed by atoms with Crippen LogP contribution in [0.25, 0.3) is 0 Å². The van der Waals surface area contributed by atoms with Gasteiger partial charge in [-0.05, 0) is 30.4 Å². The van der Waals surface area contributed by atoms with Crippen molar-refractivity contribution in [3.63, 3.8) is 0 Å². The van der Waals surface area contributed by atoms with Gasteiger partial charge in [0, 0.05) is 0 Å². The van der Waals surface area contributed by atoms with Gasteiger partial charge in [0.2, 0.25) is 5.91 Å². The third-order valence-electron chi connectivity index (χ3n) is 6.61. The van der Waals surface area contributed by atoms with Crippen molar-refractivity contribution in [1.82, 2.24) is 4.90 Å². The first kappa shape index (κ1) is 15.2. The van der Waals surface area contributed by atoms with Crippen LogP contribution >= 0.6 is 0 Å². The van der Waals surface area contributed by atoms with Crippen LogP contribution in [0, 0.1) is 23.7 Å². The minimum atomic E-state index is -0.954. The molecule has 132 valence electrons. The highest BCUT2D eigenvalue weighted by Crippen LogP contribution is 2.61. The number of carbonyl (C=O) groups excluding carboxylic acids is 1. The van der Waals surface area contributed by atoms with Crippen molar-refractivity contribution in [1.29, 1.82) is 0 Å². The number of carboxylic acid groups (broad SMARTS) is 1. The Morgan fingerprint density at radius 1 is 1.36 bits per heavy atom. The molecular formula is C19H21NO5. The van der Waals surface area contributed by atoms with Crippen LogP contribution in [-0.4, -0.2) is 39.6 Å². The summed E-state index contributed by atoms with van der Waals surface area (Å²) in [7, 11) is 0. The van der Waals surface area contributed by atoms with Gasteiger partial charge in [-0.1, -0.05) is 26.0 Å². The molecule has 3 saturated heterocycles. The summed E-state index contributed by atoms with van der Waals surface area (Å²) < 4.78 is 11.8. The summed E-state index contributed by atoms with van der Waals surface area (Å²) >= 11 is 0. The van der Waals surface area contributed by atoms with Crippen molar-refractivity contribution in [2.45, 2.75) is 44.1 Å². The molecule has 6 heteroatoms. The molecule has 6 nitrogen and oxygen atoms in total. The van der Waals surface area contributed by atoms with Crippen LogP contribution in [0.4, 0.5) is 0 Å². The molecule has 4 aliphatic rings. The number of rotatable bonds is 2. The van der Waals surface area contributed by atoms with Crippen LogP contribution in [0.1, 0.15) is 32.1 Å². The summed E-state index contributed by atoms with van der Waals surface area (Å²) in [6.07, 6.45) is 5.85. The monoisotopic (exact) mass is 343 g/mol. The molecule has 0 aromatic carbocycles. The summed E-state index contributed by atoms with van der Waals surface area (Å²) in [5, 5.41) is 9.70. The van der Waals surface area contributed by atoms with Gasteiger partial charge < -0.3 is 19.2 Å². The fourth-order valence-corrected chi connectivity index (χ4v) is 5.92. The average Bonchev–Trinajstić information content (AvgIpc) is 3.30. The summed E-state index contributed by atoms with van der Waals surface area (Å²) in [5.41, 5.74) is -0.810. The molecule has 8 atom stereocenters.